The highest BCUT2D eigenvalue weighted by Gasteiger charge is 2.36. The van der Waals surface area contributed by atoms with Gasteiger partial charge in [-0.1, -0.05) is 55.6 Å². The van der Waals surface area contributed by atoms with E-state index in [9.17, 15) is 13.2 Å². The quantitative estimate of drug-likeness (QED) is 0.707. The molecule has 114 valence electrons. The molecule has 0 saturated carbocycles. The number of rotatable bonds is 6. The van der Waals surface area contributed by atoms with Crippen molar-refractivity contribution in [1.29, 1.82) is 0 Å². The number of benzene rings is 1. The molecule has 0 heterocycles. The molecule has 0 bridgehead atoms. The molecule has 0 aliphatic heterocycles. The molecule has 1 nitrogen and oxygen atoms in total. The van der Waals surface area contributed by atoms with E-state index in [1.54, 1.807) is 12.1 Å². The van der Waals surface area contributed by atoms with Crippen LogP contribution in [0.4, 0.5) is 13.2 Å². The fraction of sp³-hybridized carbons (Fsp3) is 0.600. The van der Waals surface area contributed by atoms with Crippen LogP contribution in [-0.2, 0) is 6.18 Å². The van der Waals surface area contributed by atoms with Crippen molar-refractivity contribution in [2.75, 3.05) is 6.54 Å². The van der Waals surface area contributed by atoms with Crippen LogP contribution >= 0.6 is 15.9 Å². The summed E-state index contributed by atoms with van der Waals surface area (Å²) in [5, 5.41) is 3.22. The Morgan fingerprint density at radius 3 is 2.20 bits per heavy atom. The van der Waals surface area contributed by atoms with E-state index in [0.717, 1.165) is 12.8 Å². The molecule has 20 heavy (non-hydrogen) atoms. The number of hydrogen-bond donors (Lipinski definition) is 1. The van der Waals surface area contributed by atoms with Crippen molar-refractivity contribution in [3.05, 3.63) is 33.8 Å². The van der Waals surface area contributed by atoms with Crippen LogP contribution in [0.25, 0.3) is 0 Å². The first-order valence-electron chi connectivity index (χ1n) is 6.95. The van der Waals surface area contributed by atoms with E-state index in [4.69, 9.17) is 0 Å². The minimum atomic E-state index is -4.33. The van der Waals surface area contributed by atoms with Gasteiger partial charge in [0.05, 0.1) is 5.56 Å². The largest absolute Gasteiger partial charge is 0.416 e. The summed E-state index contributed by atoms with van der Waals surface area (Å²) in [6.45, 7) is 6.60. The van der Waals surface area contributed by atoms with E-state index < -0.39 is 11.7 Å². The average molecular weight is 352 g/mol. The van der Waals surface area contributed by atoms with Crippen LogP contribution in [0, 0.1) is 5.92 Å². The van der Waals surface area contributed by atoms with Crippen molar-refractivity contribution < 1.29 is 13.2 Å². The van der Waals surface area contributed by atoms with E-state index in [1.165, 1.54) is 6.07 Å². The molecular formula is C15H21BrF3N. The second-order valence-electron chi connectivity index (χ2n) is 4.84. The third-order valence-electron chi connectivity index (χ3n) is 3.60. The second-order valence-corrected chi connectivity index (χ2v) is 5.76. The molecule has 0 saturated heterocycles. The van der Waals surface area contributed by atoms with Crippen molar-refractivity contribution in [1.82, 2.24) is 5.32 Å². The van der Waals surface area contributed by atoms with Gasteiger partial charge < -0.3 is 5.32 Å². The third kappa shape index (κ3) is 4.22. The van der Waals surface area contributed by atoms with Gasteiger partial charge in [0.1, 0.15) is 0 Å². The molecular weight excluding hydrogens is 331 g/mol. The van der Waals surface area contributed by atoms with Crippen molar-refractivity contribution in [3.8, 4) is 0 Å². The lowest BCUT2D eigenvalue weighted by molar-refractivity contribution is -0.138. The molecule has 0 fully saturated rings. The highest BCUT2D eigenvalue weighted by Crippen LogP contribution is 2.39. The van der Waals surface area contributed by atoms with Crippen molar-refractivity contribution in [2.45, 2.75) is 45.8 Å². The summed E-state index contributed by atoms with van der Waals surface area (Å²) in [6, 6.07) is 4.16. The first-order valence-corrected chi connectivity index (χ1v) is 7.74. The van der Waals surface area contributed by atoms with Crippen LogP contribution in [0.3, 0.4) is 0 Å². The molecule has 1 aromatic carbocycles. The minimum Gasteiger partial charge on any atom is -0.310 e. The molecule has 0 spiro atoms. The van der Waals surface area contributed by atoms with Gasteiger partial charge >= 0.3 is 6.18 Å². The monoisotopic (exact) mass is 351 g/mol. The maximum Gasteiger partial charge on any atom is 0.416 e. The molecule has 1 aromatic rings. The Bertz CT molecular complexity index is 428. The van der Waals surface area contributed by atoms with Crippen LogP contribution in [0.15, 0.2) is 22.7 Å². The smallest absolute Gasteiger partial charge is 0.310 e. The van der Waals surface area contributed by atoms with Crippen LogP contribution in [-0.4, -0.2) is 6.54 Å². The Morgan fingerprint density at radius 1 is 1.15 bits per heavy atom. The molecule has 0 amide bonds. The van der Waals surface area contributed by atoms with E-state index in [-0.39, 0.29) is 12.0 Å². The second kappa shape index (κ2) is 7.46. The van der Waals surface area contributed by atoms with Gasteiger partial charge in [-0.15, -0.1) is 0 Å². The first-order chi connectivity index (χ1) is 9.35. The zero-order valence-corrected chi connectivity index (χ0v) is 13.6. The van der Waals surface area contributed by atoms with Crippen LogP contribution in [0.2, 0.25) is 0 Å². The van der Waals surface area contributed by atoms with E-state index in [0.29, 0.717) is 16.6 Å². The van der Waals surface area contributed by atoms with Crippen molar-refractivity contribution in [3.63, 3.8) is 0 Å². The SMILES string of the molecule is CCNC(c1ccc(Br)cc1C(F)(F)F)C(CC)CC. The highest BCUT2D eigenvalue weighted by atomic mass is 79.9. The Balaban J connectivity index is 3.32. The molecule has 5 heteroatoms. The Kier molecular flexibility index (Phi) is 6.52. The molecule has 1 rings (SSSR count). The van der Waals surface area contributed by atoms with E-state index in [2.05, 4.69) is 21.2 Å². The summed E-state index contributed by atoms with van der Waals surface area (Å²) < 4.78 is 40.2. The predicted molar refractivity (Wildman–Crippen MR) is 79.6 cm³/mol. The molecule has 0 radical (unpaired) electrons. The summed E-state index contributed by atoms with van der Waals surface area (Å²) in [5.74, 6) is 0.192. The number of halogens is 4. The maximum atomic E-state index is 13.3. The normalized spacial score (nSPS) is 13.8. The number of alkyl halides is 3. The molecule has 1 atom stereocenters. The van der Waals surface area contributed by atoms with Crippen LogP contribution in [0.1, 0.15) is 50.8 Å². The molecule has 0 aromatic heterocycles. The van der Waals surface area contributed by atoms with Gasteiger partial charge in [-0.2, -0.15) is 13.2 Å². The zero-order valence-electron chi connectivity index (χ0n) is 12.0. The van der Waals surface area contributed by atoms with Gasteiger partial charge in [-0.25, -0.2) is 0 Å². The summed E-state index contributed by atoms with van der Waals surface area (Å²) in [7, 11) is 0. The Hall–Kier alpha value is -0.550. The summed E-state index contributed by atoms with van der Waals surface area (Å²) in [6.07, 6.45) is -2.64. The summed E-state index contributed by atoms with van der Waals surface area (Å²) in [5.41, 5.74) is -0.207. The van der Waals surface area contributed by atoms with E-state index >= 15 is 0 Å². The highest BCUT2D eigenvalue weighted by molar-refractivity contribution is 9.10. The molecule has 1 unspecified atom stereocenters. The van der Waals surface area contributed by atoms with Crippen molar-refractivity contribution in [2.24, 2.45) is 5.92 Å². The molecule has 1 N–H and O–H groups in total. The van der Waals surface area contributed by atoms with Crippen molar-refractivity contribution >= 4 is 15.9 Å². The van der Waals surface area contributed by atoms with Gasteiger partial charge in [0.15, 0.2) is 0 Å². The fourth-order valence-electron chi connectivity index (χ4n) is 2.56. The standard InChI is InChI=1S/C15H21BrF3N/c1-4-10(5-2)14(20-6-3)12-8-7-11(16)9-13(12)15(17,18)19/h7-10,14,20H,4-6H2,1-3H3. The molecule has 0 aliphatic rings. The lowest BCUT2D eigenvalue weighted by Gasteiger charge is -2.29. The fourth-order valence-corrected chi connectivity index (χ4v) is 2.92. The van der Waals surface area contributed by atoms with Gasteiger partial charge in [0.25, 0.3) is 0 Å². The average Bonchev–Trinajstić information content (AvgIpc) is 2.38. The Labute approximate surface area is 127 Å². The van der Waals surface area contributed by atoms with Gasteiger partial charge in [-0.05, 0) is 30.2 Å². The topological polar surface area (TPSA) is 12.0 Å². The summed E-state index contributed by atoms with van der Waals surface area (Å²) >= 11 is 3.13. The van der Waals surface area contributed by atoms with Crippen LogP contribution in [0.5, 0.6) is 0 Å². The van der Waals surface area contributed by atoms with E-state index in [1.807, 2.05) is 20.8 Å². The van der Waals surface area contributed by atoms with Gasteiger partial charge in [-0.3, -0.25) is 0 Å². The molecule has 0 aliphatic carbocycles. The van der Waals surface area contributed by atoms with Gasteiger partial charge in [0, 0.05) is 10.5 Å². The first kappa shape index (κ1) is 17.5. The third-order valence-corrected chi connectivity index (χ3v) is 4.09. The number of hydrogen-bond acceptors (Lipinski definition) is 1. The lowest BCUT2D eigenvalue weighted by Crippen LogP contribution is -2.30. The van der Waals surface area contributed by atoms with Crippen LogP contribution < -0.4 is 5.32 Å². The van der Waals surface area contributed by atoms with Gasteiger partial charge in [0.2, 0.25) is 0 Å². The number of nitrogens with one attached hydrogen (secondary N) is 1. The minimum absolute atomic E-state index is 0.192. The lowest BCUT2D eigenvalue weighted by atomic mass is 9.86. The Morgan fingerprint density at radius 2 is 1.75 bits per heavy atom. The predicted octanol–water partition coefficient (Wildman–Crippen LogP) is 5.55. The zero-order chi connectivity index (χ0) is 15.3. The summed E-state index contributed by atoms with van der Waals surface area (Å²) in [4.78, 5) is 0. The maximum absolute atomic E-state index is 13.3.